The van der Waals surface area contributed by atoms with Crippen LogP contribution in [0.15, 0.2) is 18.2 Å². The van der Waals surface area contributed by atoms with Crippen molar-refractivity contribution in [2.45, 2.75) is 70.4 Å². The van der Waals surface area contributed by atoms with Gasteiger partial charge in [-0.3, -0.25) is 4.90 Å². The first-order valence-corrected chi connectivity index (χ1v) is 11.8. The smallest absolute Gasteiger partial charge is 0.410 e. The summed E-state index contributed by atoms with van der Waals surface area (Å²) in [7, 11) is 0. The number of hydrogen-bond acceptors (Lipinski definition) is 4. The monoisotopic (exact) mass is 442 g/mol. The molecular formula is C24H31ClN4O2. The van der Waals surface area contributed by atoms with Gasteiger partial charge in [0, 0.05) is 38.0 Å². The fraction of sp³-hybridized carbons (Fsp3) is 0.583. The van der Waals surface area contributed by atoms with Crippen molar-refractivity contribution >= 4 is 17.7 Å². The van der Waals surface area contributed by atoms with Crippen LogP contribution >= 0.6 is 11.6 Å². The van der Waals surface area contributed by atoms with E-state index in [4.69, 9.17) is 21.4 Å². The van der Waals surface area contributed by atoms with Crippen molar-refractivity contribution in [1.82, 2.24) is 20.0 Å². The molecule has 1 N–H and O–H groups in total. The van der Waals surface area contributed by atoms with Crippen LogP contribution in [0.3, 0.4) is 0 Å². The second-order valence-corrected chi connectivity index (χ2v) is 10.4. The van der Waals surface area contributed by atoms with Crippen molar-refractivity contribution in [3.8, 4) is 5.69 Å². The molecule has 1 saturated carbocycles. The van der Waals surface area contributed by atoms with Gasteiger partial charge in [-0.1, -0.05) is 24.1 Å². The topological polar surface area (TPSA) is 59.4 Å². The summed E-state index contributed by atoms with van der Waals surface area (Å²) < 4.78 is 7.73. The van der Waals surface area contributed by atoms with E-state index in [1.165, 1.54) is 36.1 Å². The Labute approximate surface area is 188 Å². The molecule has 1 unspecified atom stereocenters. The number of aromatic nitrogens is 2. The summed E-state index contributed by atoms with van der Waals surface area (Å²) in [5, 5.41) is 9.21. The first-order chi connectivity index (χ1) is 14.8. The summed E-state index contributed by atoms with van der Waals surface area (Å²) in [5.41, 5.74) is 5.14. The first-order valence-electron chi connectivity index (χ1n) is 11.4. The van der Waals surface area contributed by atoms with Gasteiger partial charge >= 0.3 is 6.09 Å². The highest BCUT2D eigenvalue weighted by atomic mass is 35.5. The number of amides is 1. The Morgan fingerprint density at radius 1 is 1.26 bits per heavy atom. The lowest BCUT2D eigenvalue weighted by atomic mass is 9.80. The number of rotatable bonds is 2. The summed E-state index contributed by atoms with van der Waals surface area (Å²) in [4.78, 5) is 14.8. The highest BCUT2D eigenvalue weighted by molar-refractivity contribution is 6.32. The Kier molecular flexibility index (Phi) is 5.25. The lowest BCUT2D eigenvalue weighted by molar-refractivity contribution is 0.0142. The molecule has 3 heterocycles. The fourth-order valence-corrected chi connectivity index (χ4v) is 5.22. The Morgan fingerprint density at radius 3 is 2.74 bits per heavy atom. The molecule has 3 aliphatic rings. The van der Waals surface area contributed by atoms with Crippen LogP contribution in [0.1, 0.15) is 74.5 Å². The van der Waals surface area contributed by atoms with E-state index in [0.717, 1.165) is 35.8 Å². The van der Waals surface area contributed by atoms with Crippen molar-refractivity contribution < 1.29 is 9.53 Å². The molecule has 5 rings (SSSR count). The molecule has 0 saturated heterocycles. The number of halogens is 1. The predicted molar refractivity (Wildman–Crippen MR) is 121 cm³/mol. The lowest BCUT2D eigenvalue weighted by Crippen LogP contribution is -2.46. The molecule has 1 atom stereocenters. The van der Waals surface area contributed by atoms with Gasteiger partial charge in [0.25, 0.3) is 0 Å². The Morgan fingerprint density at radius 2 is 2.06 bits per heavy atom. The number of carbonyl (C=O) groups excluding carboxylic acids is 1. The summed E-state index contributed by atoms with van der Waals surface area (Å²) in [5.74, 6) is 0.650. The van der Waals surface area contributed by atoms with Crippen LogP contribution in [0.2, 0.25) is 5.02 Å². The van der Waals surface area contributed by atoms with Crippen molar-refractivity contribution in [1.29, 1.82) is 0 Å². The highest BCUT2D eigenvalue weighted by Gasteiger charge is 2.39. The van der Waals surface area contributed by atoms with Gasteiger partial charge in [0.15, 0.2) is 0 Å². The summed E-state index contributed by atoms with van der Waals surface area (Å²) >= 11 is 6.76. The van der Waals surface area contributed by atoms with E-state index in [-0.39, 0.29) is 12.1 Å². The molecule has 2 aromatic rings. The molecule has 1 fully saturated rings. The summed E-state index contributed by atoms with van der Waals surface area (Å²) in [6, 6.07) is 6.37. The van der Waals surface area contributed by atoms with Crippen molar-refractivity contribution in [3.63, 3.8) is 0 Å². The number of hydrogen-bond donors (Lipinski definition) is 1. The number of carbonyl (C=O) groups is 1. The van der Waals surface area contributed by atoms with Crippen LogP contribution in [0.5, 0.6) is 0 Å². The van der Waals surface area contributed by atoms with Gasteiger partial charge in [-0.25, -0.2) is 9.48 Å². The van der Waals surface area contributed by atoms with Gasteiger partial charge in [0.05, 0.1) is 28.1 Å². The number of nitrogens with zero attached hydrogens (tertiary/aromatic N) is 3. The van der Waals surface area contributed by atoms with Gasteiger partial charge in [0.1, 0.15) is 5.60 Å². The third-order valence-electron chi connectivity index (χ3n) is 6.68. The minimum absolute atomic E-state index is 0.0714. The maximum absolute atomic E-state index is 12.9. The molecule has 166 valence electrons. The molecule has 0 spiro atoms. The molecule has 1 aliphatic carbocycles. The number of nitrogens with one attached hydrogen (secondary N) is 1. The largest absolute Gasteiger partial charge is 0.444 e. The molecule has 1 amide bonds. The maximum Gasteiger partial charge on any atom is 0.410 e. The van der Waals surface area contributed by atoms with Crippen LogP contribution in [0.4, 0.5) is 4.79 Å². The minimum atomic E-state index is -0.516. The van der Waals surface area contributed by atoms with Crippen molar-refractivity contribution in [2.75, 3.05) is 19.6 Å². The lowest BCUT2D eigenvalue weighted by Gasteiger charge is -2.36. The van der Waals surface area contributed by atoms with Crippen LogP contribution in [0.25, 0.3) is 5.69 Å². The normalized spacial score (nSPS) is 21.3. The van der Waals surface area contributed by atoms with E-state index in [1.807, 2.05) is 30.4 Å². The van der Waals surface area contributed by atoms with Crippen molar-refractivity contribution in [2.24, 2.45) is 0 Å². The van der Waals surface area contributed by atoms with Crippen LogP contribution in [0, 0.1) is 0 Å². The van der Waals surface area contributed by atoms with Gasteiger partial charge in [-0.2, -0.15) is 5.10 Å². The van der Waals surface area contributed by atoms with Gasteiger partial charge in [0.2, 0.25) is 0 Å². The molecule has 0 radical (unpaired) electrons. The molecule has 31 heavy (non-hydrogen) atoms. The maximum atomic E-state index is 12.9. The Bertz CT molecular complexity index is 1010. The van der Waals surface area contributed by atoms with E-state index in [2.05, 4.69) is 23.5 Å². The average Bonchev–Trinajstić information content (AvgIpc) is 2.87. The standard InChI is InChI=1S/C24H31ClN4O2/c1-24(2,3)31-23(30)28-12-10-20-22-18(9-11-26-14-21(22)28)27-29(20)19-8-7-16(13-17(19)25)15-5-4-6-15/h7-8,13,15,21,26H,4-6,9-12,14H2,1-3H3. The van der Waals surface area contributed by atoms with Crippen LogP contribution < -0.4 is 5.32 Å². The van der Waals surface area contributed by atoms with Crippen LogP contribution in [-0.4, -0.2) is 46.0 Å². The van der Waals surface area contributed by atoms with E-state index in [1.54, 1.807) is 0 Å². The minimum Gasteiger partial charge on any atom is -0.444 e. The molecule has 6 nitrogen and oxygen atoms in total. The predicted octanol–water partition coefficient (Wildman–Crippen LogP) is 4.77. The third kappa shape index (κ3) is 3.85. The zero-order chi connectivity index (χ0) is 21.8. The molecule has 0 bridgehead atoms. The molecule has 7 heteroatoms. The quantitative estimate of drug-likeness (QED) is 0.727. The Hall–Kier alpha value is -2.05. The number of benzene rings is 1. The third-order valence-corrected chi connectivity index (χ3v) is 6.98. The second kappa shape index (κ2) is 7.82. The molecule has 1 aromatic carbocycles. The van der Waals surface area contributed by atoms with Crippen LogP contribution in [-0.2, 0) is 17.6 Å². The summed E-state index contributed by atoms with van der Waals surface area (Å²) in [6.07, 6.45) is 5.14. The zero-order valence-electron chi connectivity index (χ0n) is 18.6. The number of ether oxygens (including phenoxy) is 1. The van der Waals surface area contributed by atoms with E-state index in [9.17, 15) is 4.79 Å². The highest BCUT2D eigenvalue weighted by Crippen LogP contribution is 2.40. The van der Waals surface area contributed by atoms with E-state index < -0.39 is 5.60 Å². The average molecular weight is 443 g/mol. The van der Waals surface area contributed by atoms with E-state index >= 15 is 0 Å². The fourth-order valence-electron chi connectivity index (χ4n) is 4.95. The second-order valence-electron chi connectivity index (χ2n) is 9.95. The Balaban J connectivity index is 1.51. The van der Waals surface area contributed by atoms with Crippen molar-refractivity contribution in [3.05, 3.63) is 45.7 Å². The zero-order valence-corrected chi connectivity index (χ0v) is 19.3. The SMILES string of the molecule is CC(C)(C)OC(=O)N1CCc2c3c(nn2-c2ccc(C4CCC4)cc2Cl)CCNCC31. The van der Waals surface area contributed by atoms with Gasteiger partial charge in [-0.05, 0) is 57.2 Å². The molecular weight excluding hydrogens is 412 g/mol. The summed E-state index contributed by atoms with van der Waals surface area (Å²) in [6.45, 7) is 7.88. The molecule has 1 aromatic heterocycles. The first kappa shape index (κ1) is 20.8. The van der Waals surface area contributed by atoms with E-state index in [0.29, 0.717) is 19.0 Å². The molecule has 2 aliphatic heterocycles. The van der Waals surface area contributed by atoms with Gasteiger partial charge in [-0.15, -0.1) is 0 Å². The van der Waals surface area contributed by atoms with Gasteiger partial charge < -0.3 is 10.1 Å².